The van der Waals surface area contributed by atoms with Gasteiger partial charge in [-0.15, -0.1) is 0 Å². The summed E-state index contributed by atoms with van der Waals surface area (Å²) in [4.78, 5) is 0.262. The molecule has 0 N–H and O–H groups in total. The van der Waals surface area contributed by atoms with Gasteiger partial charge < -0.3 is 0 Å². The molecule has 0 nitrogen and oxygen atoms in total. The maximum Gasteiger partial charge on any atom is 0.446 e. The predicted octanol–water partition coefficient (Wildman–Crippen LogP) is 3.36. The molecule has 0 bridgehead atoms. The van der Waals surface area contributed by atoms with Gasteiger partial charge >= 0.3 is 5.51 Å². The van der Waals surface area contributed by atoms with E-state index in [0.29, 0.717) is 0 Å². The van der Waals surface area contributed by atoms with Crippen molar-refractivity contribution >= 4 is 23.1 Å². The average Bonchev–Trinajstić information content (AvgIpc) is 2.12. The van der Waals surface area contributed by atoms with Crippen LogP contribution in [0.25, 0.3) is 0 Å². The van der Waals surface area contributed by atoms with Crippen LogP contribution in [-0.2, 0) is 0 Å². The molecule has 1 aromatic rings. The van der Waals surface area contributed by atoms with Crippen molar-refractivity contribution in [2.75, 3.05) is 0 Å². The Morgan fingerprint density at radius 3 is 2.50 bits per heavy atom. The van der Waals surface area contributed by atoms with Crippen LogP contribution in [0, 0.1) is 0 Å². The Morgan fingerprint density at radius 1 is 1.40 bits per heavy atom. The van der Waals surface area contributed by atoms with E-state index in [2.05, 4.69) is 0 Å². The molecule has 0 aliphatic carbocycles. The summed E-state index contributed by atoms with van der Waals surface area (Å²) >= 11 is 1.18. The Morgan fingerprint density at radius 2 is 2.10 bits per heavy atom. The molecule has 0 radical (unpaired) electrons. The summed E-state index contributed by atoms with van der Waals surface area (Å²) in [6.45, 7) is 0. The lowest BCUT2D eigenvalue weighted by molar-refractivity contribution is -0.0327. The first kappa shape index (κ1) is 7.94. The molecule has 0 saturated heterocycles. The van der Waals surface area contributed by atoms with Gasteiger partial charge in [-0.25, -0.2) is 0 Å². The van der Waals surface area contributed by atoms with Gasteiger partial charge in [-0.05, 0) is 23.2 Å². The van der Waals surface area contributed by atoms with Crippen molar-refractivity contribution in [3.8, 4) is 0 Å². The summed E-state index contributed by atoms with van der Waals surface area (Å²) < 4.78 is 34.8. The fourth-order valence-electron chi connectivity index (χ4n) is 0.444. The van der Waals surface area contributed by atoms with Crippen LogP contribution in [0.5, 0.6) is 0 Å². The number of hydrogen-bond donors (Lipinski definition) is 0. The summed E-state index contributed by atoms with van der Waals surface area (Å²) in [6, 6.07) is 1.45. The molecule has 0 aromatic carbocycles. The van der Waals surface area contributed by atoms with E-state index in [0.717, 1.165) is 0 Å². The SMILES string of the molecule is FC(F)(F)Sc1ccsc1. The fraction of sp³-hybridized carbons (Fsp3) is 0.200. The van der Waals surface area contributed by atoms with E-state index in [1.165, 1.54) is 22.8 Å². The third-order valence-corrected chi connectivity index (χ3v) is 2.28. The number of halogens is 3. The van der Waals surface area contributed by atoms with Crippen LogP contribution in [0.3, 0.4) is 0 Å². The van der Waals surface area contributed by atoms with Gasteiger partial charge in [0.2, 0.25) is 0 Å². The highest BCUT2D eigenvalue weighted by atomic mass is 32.2. The van der Waals surface area contributed by atoms with Gasteiger partial charge in [-0.2, -0.15) is 24.5 Å². The van der Waals surface area contributed by atoms with Gasteiger partial charge in [0.05, 0.1) is 0 Å². The highest BCUT2D eigenvalue weighted by Crippen LogP contribution is 2.37. The van der Waals surface area contributed by atoms with Gasteiger partial charge in [0, 0.05) is 10.3 Å². The quantitative estimate of drug-likeness (QED) is 0.603. The van der Waals surface area contributed by atoms with Crippen molar-refractivity contribution in [1.29, 1.82) is 0 Å². The summed E-state index contributed by atoms with van der Waals surface area (Å²) in [7, 11) is 0. The Balaban J connectivity index is 2.57. The first-order valence-electron chi connectivity index (χ1n) is 2.36. The molecule has 0 aliphatic rings. The van der Waals surface area contributed by atoms with Crippen molar-refractivity contribution in [3.63, 3.8) is 0 Å². The molecule has 56 valence electrons. The van der Waals surface area contributed by atoms with Crippen LogP contribution in [0.15, 0.2) is 21.7 Å². The number of hydrogen-bond acceptors (Lipinski definition) is 2. The second-order valence-electron chi connectivity index (χ2n) is 1.51. The minimum Gasteiger partial charge on any atom is -0.160 e. The molecule has 10 heavy (non-hydrogen) atoms. The topological polar surface area (TPSA) is 0 Å². The fourth-order valence-corrected chi connectivity index (χ4v) is 1.81. The molecule has 0 fully saturated rings. The van der Waals surface area contributed by atoms with E-state index in [1.807, 2.05) is 0 Å². The maximum absolute atomic E-state index is 11.6. The molecule has 1 heterocycles. The van der Waals surface area contributed by atoms with Crippen molar-refractivity contribution in [2.24, 2.45) is 0 Å². The molecular formula is C5H3F3S2. The van der Waals surface area contributed by atoms with E-state index in [-0.39, 0.29) is 16.7 Å². The van der Waals surface area contributed by atoms with Gasteiger partial charge in [0.1, 0.15) is 0 Å². The Bertz CT molecular complexity index is 189. The van der Waals surface area contributed by atoms with Crippen LogP contribution >= 0.6 is 23.1 Å². The first-order chi connectivity index (χ1) is 4.58. The number of thiophene rings is 1. The van der Waals surface area contributed by atoms with E-state index >= 15 is 0 Å². The zero-order chi connectivity index (χ0) is 7.61. The maximum atomic E-state index is 11.6. The third-order valence-electron chi connectivity index (χ3n) is 0.729. The van der Waals surface area contributed by atoms with Crippen molar-refractivity contribution in [2.45, 2.75) is 10.4 Å². The first-order valence-corrected chi connectivity index (χ1v) is 4.12. The average molecular weight is 184 g/mol. The van der Waals surface area contributed by atoms with Gasteiger partial charge in [-0.3, -0.25) is 0 Å². The number of rotatable bonds is 1. The predicted molar refractivity (Wildman–Crippen MR) is 36.2 cm³/mol. The number of thioether (sulfide) groups is 1. The molecule has 0 aliphatic heterocycles. The Hall–Kier alpha value is -0.160. The van der Waals surface area contributed by atoms with Crippen LogP contribution in [0.1, 0.15) is 0 Å². The lowest BCUT2D eigenvalue weighted by Crippen LogP contribution is -1.97. The lowest BCUT2D eigenvalue weighted by Gasteiger charge is -2.01. The molecular weight excluding hydrogens is 181 g/mol. The van der Waals surface area contributed by atoms with E-state index in [4.69, 9.17) is 0 Å². The molecule has 0 saturated carbocycles. The minimum absolute atomic E-state index is 0.0822. The monoisotopic (exact) mass is 184 g/mol. The minimum atomic E-state index is -4.15. The highest BCUT2D eigenvalue weighted by molar-refractivity contribution is 8.00. The summed E-state index contributed by atoms with van der Waals surface area (Å²) in [5, 5.41) is 3.09. The second-order valence-corrected chi connectivity index (χ2v) is 3.43. The van der Waals surface area contributed by atoms with Crippen LogP contribution in [0.4, 0.5) is 13.2 Å². The van der Waals surface area contributed by atoms with Crippen LogP contribution < -0.4 is 0 Å². The summed E-state index contributed by atoms with van der Waals surface area (Å²) in [5.74, 6) is 0. The Kier molecular flexibility index (Phi) is 2.25. The van der Waals surface area contributed by atoms with Gasteiger partial charge in [0.15, 0.2) is 0 Å². The zero-order valence-corrected chi connectivity index (χ0v) is 6.32. The molecule has 0 atom stereocenters. The zero-order valence-electron chi connectivity index (χ0n) is 4.68. The smallest absolute Gasteiger partial charge is 0.160 e. The second kappa shape index (κ2) is 2.84. The summed E-state index contributed by atoms with van der Waals surface area (Å²) in [6.07, 6.45) is 0. The normalized spacial score (nSPS) is 11.9. The lowest BCUT2D eigenvalue weighted by atomic mass is 10.7. The van der Waals surface area contributed by atoms with E-state index in [1.54, 1.807) is 5.38 Å². The number of alkyl halides is 3. The molecule has 0 unspecified atom stereocenters. The molecule has 0 spiro atoms. The third kappa shape index (κ3) is 2.62. The largest absolute Gasteiger partial charge is 0.446 e. The molecule has 0 amide bonds. The highest BCUT2D eigenvalue weighted by Gasteiger charge is 2.29. The van der Waals surface area contributed by atoms with E-state index in [9.17, 15) is 13.2 Å². The van der Waals surface area contributed by atoms with Gasteiger partial charge in [-0.1, -0.05) is 0 Å². The standard InChI is InChI=1S/C5H3F3S2/c6-5(7,8)10-4-1-2-9-3-4/h1-3H. The Labute approximate surface area is 64.1 Å². The van der Waals surface area contributed by atoms with Crippen molar-refractivity contribution in [1.82, 2.24) is 0 Å². The molecule has 1 rings (SSSR count). The van der Waals surface area contributed by atoms with Crippen molar-refractivity contribution in [3.05, 3.63) is 16.8 Å². The van der Waals surface area contributed by atoms with Crippen LogP contribution in [-0.4, -0.2) is 5.51 Å². The molecule has 1 aromatic heterocycles. The van der Waals surface area contributed by atoms with Gasteiger partial charge in [0.25, 0.3) is 0 Å². The van der Waals surface area contributed by atoms with Crippen molar-refractivity contribution < 1.29 is 13.2 Å². The van der Waals surface area contributed by atoms with E-state index < -0.39 is 5.51 Å². The summed E-state index contributed by atoms with van der Waals surface area (Å²) in [5.41, 5.74) is -4.15. The van der Waals surface area contributed by atoms with Crippen LogP contribution in [0.2, 0.25) is 0 Å². The molecule has 5 heteroatoms.